The van der Waals surface area contributed by atoms with Crippen LogP contribution in [0.4, 0.5) is 11.4 Å². The molecule has 0 radical (unpaired) electrons. The third-order valence-electron chi connectivity index (χ3n) is 5.85. The first-order chi connectivity index (χ1) is 14.2. The lowest BCUT2D eigenvalue weighted by Crippen LogP contribution is -2.25. The van der Waals surface area contributed by atoms with E-state index in [4.69, 9.17) is 4.74 Å². The van der Waals surface area contributed by atoms with Gasteiger partial charge in [0.1, 0.15) is 11.5 Å². The van der Waals surface area contributed by atoms with Gasteiger partial charge >= 0.3 is 0 Å². The van der Waals surface area contributed by atoms with E-state index in [1.165, 1.54) is 24.1 Å². The fourth-order valence-corrected chi connectivity index (χ4v) is 4.45. The maximum absolute atomic E-state index is 13.4. The zero-order valence-corrected chi connectivity index (χ0v) is 16.5. The minimum absolute atomic E-state index is 0.0403. The predicted molar refractivity (Wildman–Crippen MR) is 116 cm³/mol. The molecule has 1 amide bonds. The number of aryl methyl sites for hydroxylation is 1. The average Bonchev–Trinajstić information content (AvgIpc) is 3.26. The Labute approximate surface area is 171 Å². The van der Waals surface area contributed by atoms with E-state index >= 15 is 0 Å². The van der Waals surface area contributed by atoms with E-state index in [1.54, 1.807) is 0 Å². The monoisotopic (exact) mass is 384 g/mol. The smallest absolute Gasteiger partial charge is 0.236 e. The number of nitrogens with zero attached hydrogens (tertiary/aromatic N) is 1. The van der Waals surface area contributed by atoms with Crippen LogP contribution >= 0.6 is 0 Å². The molecule has 0 unspecified atom stereocenters. The minimum atomic E-state index is -0.394. The van der Waals surface area contributed by atoms with Crippen LogP contribution in [0.15, 0.2) is 66.7 Å². The van der Waals surface area contributed by atoms with Crippen molar-refractivity contribution < 1.29 is 9.53 Å². The Morgan fingerprint density at radius 1 is 0.931 bits per heavy atom. The highest BCUT2D eigenvalue weighted by Gasteiger charge is 2.32. The Balaban J connectivity index is 1.45. The van der Waals surface area contributed by atoms with Crippen LogP contribution in [0.1, 0.15) is 35.4 Å². The molecule has 5 rings (SSSR count). The maximum atomic E-state index is 13.4. The zero-order chi connectivity index (χ0) is 19.8. The molecule has 2 heterocycles. The van der Waals surface area contributed by atoms with Gasteiger partial charge in [0.2, 0.25) is 5.91 Å². The van der Waals surface area contributed by atoms with Gasteiger partial charge in [0.25, 0.3) is 0 Å². The van der Waals surface area contributed by atoms with Crippen LogP contribution in [-0.4, -0.2) is 19.0 Å². The average molecular weight is 384 g/mol. The van der Waals surface area contributed by atoms with Gasteiger partial charge in [-0.1, -0.05) is 36.4 Å². The zero-order valence-electron chi connectivity index (χ0n) is 16.5. The Morgan fingerprint density at radius 2 is 1.55 bits per heavy atom. The molecule has 0 spiro atoms. The topological polar surface area (TPSA) is 41.6 Å². The Morgan fingerprint density at radius 3 is 2.17 bits per heavy atom. The van der Waals surface area contributed by atoms with Gasteiger partial charge in [0.15, 0.2) is 0 Å². The van der Waals surface area contributed by atoms with Crippen LogP contribution in [0.5, 0.6) is 11.5 Å². The van der Waals surface area contributed by atoms with E-state index in [2.05, 4.69) is 29.3 Å². The van der Waals surface area contributed by atoms with E-state index in [1.807, 2.05) is 54.6 Å². The van der Waals surface area contributed by atoms with Crippen LogP contribution in [0.3, 0.4) is 0 Å². The van der Waals surface area contributed by atoms with Gasteiger partial charge in [-0.3, -0.25) is 4.79 Å². The van der Waals surface area contributed by atoms with E-state index in [9.17, 15) is 4.79 Å². The molecule has 1 N–H and O–H groups in total. The van der Waals surface area contributed by atoms with Crippen LogP contribution in [0, 0.1) is 6.92 Å². The van der Waals surface area contributed by atoms with Crippen molar-refractivity contribution in [2.45, 2.75) is 25.7 Å². The summed E-state index contributed by atoms with van der Waals surface area (Å²) >= 11 is 0. The molecule has 146 valence electrons. The summed E-state index contributed by atoms with van der Waals surface area (Å²) in [5, 5.41) is 3.14. The second-order valence-electron chi connectivity index (χ2n) is 7.80. The number of carbonyl (C=O) groups is 1. The number of carbonyl (C=O) groups excluding carboxylic acids is 1. The molecule has 2 aliphatic heterocycles. The summed E-state index contributed by atoms with van der Waals surface area (Å²) in [6.07, 6.45) is 2.50. The number of hydrogen-bond acceptors (Lipinski definition) is 3. The highest BCUT2D eigenvalue weighted by molar-refractivity contribution is 5.99. The summed E-state index contributed by atoms with van der Waals surface area (Å²) < 4.78 is 6.01. The van der Waals surface area contributed by atoms with E-state index < -0.39 is 5.92 Å². The molecule has 0 aliphatic carbocycles. The first-order valence-electron chi connectivity index (χ1n) is 10.2. The van der Waals surface area contributed by atoms with Crippen molar-refractivity contribution in [2.75, 3.05) is 23.3 Å². The number of amides is 1. The third-order valence-corrected chi connectivity index (χ3v) is 5.85. The number of nitrogens with one attached hydrogen (secondary N) is 1. The summed E-state index contributed by atoms with van der Waals surface area (Å²) in [7, 11) is 0. The molecule has 0 bridgehead atoms. The molecule has 29 heavy (non-hydrogen) atoms. The van der Waals surface area contributed by atoms with Crippen molar-refractivity contribution >= 4 is 17.3 Å². The molecule has 4 nitrogen and oxygen atoms in total. The molecule has 0 saturated carbocycles. The fraction of sp³-hybridized carbons (Fsp3) is 0.240. The summed E-state index contributed by atoms with van der Waals surface area (Å²) in [6, 6.07) is 21.7. The Hall–Kier alpha value is -3.27. The second-order valence-corrected chi connectivity index (χ2v) is 7.80. The normalized spacial score (nSPS) is 15.4. The Bertz CT molecular complexity index is 1020. The highest BCUT2D eigenvalue weighted by atomic mass is 16.5. The molecule has 2 aliphatic rings. The number of anilines is 2. The summed E-state index contributed by atoms with van der Waals surface area (Å²) in [6.45, 7) is 4.34. The first kappa shape index (κ1) is 17.8. The number of hydrogen-bond donors (Lipinski definition) is 1. The van der Waals surface area contributed by atoms with Gasteiger partial charge in [-0.2, -0.15) is 0 Å². The first-order valence-corrected chi connectivity index (χ1v) is 10.2. The molecule has 4 heteroatoms. The standard InChI is InChI=1S/C25H24N2O2/c1-17-16-18(12-13-21(17)27-14-6-7-15-27)26-25(28)24-19-8-2-4-10-22(19)29-23-11-5-3-9-20(23)24/h2-5,8-13,16,24H,6-7,14-15H2,1H3,(H,26,28). The van der Waals surface area contributed by atoms with Gasteiger partial charge < -0.3 is 15.0 Å². The quantitative estimate of drug-likeness (QED) is 0.651. The van der Waals surface area contributed by atoms with Crippen LogP contribution in [0.25, 0.3) is 0 Å². The van der Waals surface area contributed by atoms with Gasteiger partial charge in [-0.15, -0.1) is 0 Å². The van der Waals surface area contributed by atoms with Gasteiger partial charge in [-0.25, -0.2) is 0 Å². The van der Waals surface area contributed by atoms with E-state index in [-0.39, 0.29) is 5.91 Å². The summed E-state index contributed by atoms with van der Waals surface area (Å²) in [5.74, 6) is 1.05. The van der Waals surface area contributed by atoms with Crippen molar-refractivity contribution in [3.05, 3.63) is 83.4 Å². The van der Waals surface area contributed by atoms with E-state index in [0.717, 1.165) is 41.4 Å². The van der Waals surface area contributed by atoms with Gasteiger partial charge in [0, 0.05) is 35.6 Å². The molecule has 1 saturated heterocycles. The summed E-state index contributed by atoms with van der Waals surface area (Å²) in [4.78, 5) is 15.8. The molecule has 1 fully saturated rings. The number of ether oxygens (including phenoxy) is 1. The predicted octanol–water partition coefficient (Wildman–Crippen LogP) is 5.47. The van der Waals surface area contributed by atoms with Crippen LogP contribution < -0.4 is 15.0 Å². The van der Waals surface area contributed by atoms with Crippen molar-refractivity contribution in [2.24, 2.45) is 0 Å². The van der Waals surface area contributed by atoms with Crippen molar-refractivity contribution in [1.82, 2.24) is 0 Å². The number of para-hydroxylation sites is 2. The number of rotatable bonds is 3. The molecule has 0 aromatic heterocycles. The van der Waals surface area contributed by atoms with Gasteiger partial charge in [0.05, 0.1) is 5.92 Å². The molecule has 3 aromatic carbocycles. The van der Waals surface area contributed by atoms with Crippen LogP contribution in [-0.2, 0) is 4.79 Å². The third kappa shape index (κ3) is 3.25. The van der Waals surface area contributed by atoms with Crippen molar-refractivity contribution in [3.8, 4) is 11.5 Å². The lowest BCUT2D eigenvalue weighted by atomic mass is 9.87. The lowest BCUT2D eigenvalue weighted by molar-refractivity contribution is -0.116. The van der Waals surface area contributed by atoms with Gasteiger partial charge in [-0.05, 0) is 55.7 Å². The molecular formula is C25H24N2O2. The Kier molecular flexibility index (Phi) is 4.47. The van der Waals surface area contributed by atoms with Crippen molar-refractivity contribution in [3.63, 3.8) is 0 Å². The molecular weight excluding hydrogens is 360 g/mol. The van der Waals surface area contributed by atoms with Crippen LogP contribution in [0.2, 0.25) is 0 Å². The molecule has 0 atom stereocenters. The van der Waals surface area contributed by atoms with Crippen molar-refractivity contribution in [1.29, 1.82) is 0 Å². The molecule has 3 aromatic rings. The number of fused-ring (bicyclic) bond motifs is 2. The largest absolute Gasteiger partial charge is 0.457 e. The fourth-order valence-electron chi connectivity index (χ4n) is 4.45. The number of benzene rings is 3. The van der Waals surface area contributed by atoms with E-state index in [0.29, 0.717) is 0 Å². The minimum Gasteiger partial charge on any atom is -0.457 e. The SMILES string of the molecule is Cc1cc(NC(=O)C2c3ccccc3Oc3ccccc32)ccc1N1CCCC1. The highest BCUT2D eigenvalue weighted by Crippen LogP contribution is 2.44. The maximum Gasteiger partial charge on any atom is 0.236 e. The lowest BCUT2D eigenvalue weighted by Gasteiger charge is -2.27. The second kappa shape index (κ2) is 7.28. The summed E-state index contributed by atoms with van der Waals surface area (Å²) in [5.41, 5.74) is 5.08.